The molecule has 62 valence electrons. The van der Waals surface area contributed by atoms with Gasteiger partial charge in [-0.3, -0.25) is 4.40 Å². The monoisotopic (exact) mass is 225 g/mol. The van der Waals surface area contributed by atoms with Gasteiger partial charge in [-0.2, -0.15) is 0 Å². The molecule has 0 bridgehead atoms. The van der Waals surface area contributed by atoms with E-state index >= 15 is 0 Å². The van der Waals surface area contributed by atoms with Crippen molar-refractivity contribution in [1.29, 1.82) is 0 Å². The Hall–Kier alpha value is -0.900. The van der Waals surface area contributed by atoms with E-state index < -0.39 is 0 Å². The van der Waals surface area contributed by atoms with Gasteiger partial charge in [-0.25, -0.2) is 9.97 Å². The van der Waals surface area contributed by atoms with Gasteiger partial charge in [-0.05, 0) is 27.9 Å². The lowest BCUT2D eigenvalue weighted by Gasteiger charge is -1.95. The van der Waals surface area contributed by atoms with Crippen molar-refractivity contribution in [3.8, 4) is 0 Å². The van der Waals surface area contributed by atoms with Crippen LogP contribution in [0.4, 0.5) is 0 Å². The van der Waals surface area contributed by atoms with Gasteiger partial charge in [-0.1, -0.05) is 6.92 Å². The highest BCUT2D eigenvalue weighted by atomic mass is 79.9. The van der Waals surface area contributed by atoms with E-state index in [1.54, 1.807) is 0 Å². The molecule has 0 unspecified atom stereocenters. The highest BCUT2D eigenvalue weighted by molar-refractivity contribution is 9.10. The third kappa shape index (κ3) is 1.22. The lowest BCUT2D eigenvalue weighted by Crippen LogP contribution is -1.90. The molecule has 0 aliphatic carbocycles. The van der Waals surface area contributed by atoms with Crippen LogP contribution in [0.5, 0.6) is 0 Å². The fourth-order valence-electron chi connectivity index (χ4n) is 1.08. The van der Waals surface area contributed by atoms with E-state index in [0.717, 1.165) is 16.8 Å². The summed E-state index contributed by atoms with van der Waals surface area (Å²) in [4.78, 5) is 8.35. The van der Waals surface area contributed by atoms with Crippen LogP contribution in [-0.2, 0) is 6.42 Å². The molecule has 0 amide bonds. The van der Waals surface area contributed by atoms with Gasteiger partial charge in [-0.15, -0.1) is 0 Å². The van der Waals surface area contributed by atoms with Crippen molar-refractivity contribution in [3.63, 3.8) is 0 Å². The van der Waals surface area contributed by atoms with Crippen molar-refractivity contribution in [2.45, 2.75) is 13.3 Å². The zero-order chi connectivity index (χ0) is 8.55. The van der Waals surface area contributed by atoms with Crippen LogP contribution in [0.15, 0.2) is 23.2 Å². The molecule has 0 aliphatic heterocycles. The maximum Gasteiger partial charge on any atom is 0.234 e. The van der Waals surface area contributed by atoms with Gasteiger partial charge in [0.15, 0.2) is 0 Å². The first kappa shape index (κ1) is 7.73. The van der Waals surface area contributed by atoms with Crippen LogP contribution in [0.1, 0.15) is 12.5 Å². The van der Waals surface area contributed by atoms with E-state index in [2.05, 4.69) is 32.8 Å². The largest absolute Gasteiger partial charge is 0.290 e. The molecule has 0 saturated carbocycles. The lowest BCUT2D eigenvalue weighted by atomic mass is 10.3. The number of fused-ring (bicyclic) bond motifs is 1. The van der Waals surface area contributed by atoms with Crippen LogP contribution in [-0.4, -0.2) is 14.4 Å². The number of nitrogens with zero attached hydrogens (tertiary/aromatic N) is 3. The fraction of sp³-hybridized carbons (Fsp3) is 0.250. The average molecular weight is 226 g/mol. The first-order chi connectivity index (χ1) is 5.79. The summed E-state index contributed by atoms with van der Waals surface area (Å²) < 4.78 is 2.74. The molecule has 3 nitrogen and oxygen atoms in total. The van der Waals surface area contributed by atoms with Gasteiger partial charge in [0, 0.05) is 18.6 Å². The highest BCUT2D eigenvalue weighted by Crippen LogP contribution is 2.09. The van der Waals surface area contributed by atoms with Crippen molar-refractivity contribution >= 4 is 21.7 Å². The summed E-state index contributed by atoms with van der Waals surface area (Å²) in [5.41, 5.74) is 1.22. The number of aryl methyl sites for hydroxylation is 1. The summed E-state index contributed by atoms with van der Waals surface area (Å²) in [6, 6.07) is 0. The molecule has 12 heavy (non-hydrogen) atoms. The molecule has 0 fully saturated rings. The first-order valence-electron chi connectivity index (χ1n) is 3.78. The van der Waals surface area contributed by atoms with Crippen LogP contribution in [0.2, 0.25) is 0 Å². The normalized spacial score (nSPS) is 10.8. The van der Waals surface area contributed by atoms with Crippen molar-refractivity contribution in [1.82, 2.24) is 14.4 Å². The maximum absolute atomic E-state index is 4.19. The van der Waals surface area contributed by atoms with E-state index in [1.807, 2.05) is 23.0 Å². The number of aromatic nitrogens is 3. The minimum Gasteiger partial charge on any atom is -0.290 e. The van der Waals surface area contributed by atoms with Crippen molar-refractivity contribution < 1.29 is 0 Å². The molecule has 0 atom stereocenters. The van der Waals surface area contributed by atoms with Crippen molar-refractivity contribution in [3.05, 3.63) is 28.8 Å². The topological polar surface area (TPSA) is 30.2 Å². The maximum atomic E-state index is 4.19. The number of hydrogen-bond donors (Lipinski definition) is 0. The fourth-order valence-corrected chi connectivity index (χ4v) is 1.46. The molecule has 2 rings (SSSR count). The zero-order valence-electron chi connectivity index (χ0n) is 6.66. The van der Waals surface area contributed by atoms with Crippen LogP contribution in [0.25, 0.3) is 5.78 Å². The second-order valence-corrected chi connectivity index (χ2v) is 3.40. The molecule has 0 radical (unpaired) electrons. The van der Waals surface area contributed by atoms with Gasteiger partial charge in [0.2, 0.25) is 5.78 Å². The average Bonchev–Trinajstić information content (AvgIpc) is 2.43. The highest BCUT2D eigenvalue weighted by Gasteiger charge is 1.99. The Labute approximate surface area is 78.6 Å². The second kappa shape index (κ2) is 2.86. The Morgan fingerprint density at radius 3 is 3.08 bits per heavy atom. The van der Waals surface area contributed by atoms with E-state index in [4.69, 9.17) is 0 Å². The Balaban J connectivity index is 2.66. The molecule has 0 spiro atoms. The zero-order valence-corrected chi connectivity index (χ0v) is 8.24. The predicted molar refractivity (Wildman–Crippen MR) is 50.1 cm³/mol. The molecule has 2 aromatic rings. The standard InChI is InChI=1S/C8H8BrN3/c1-2-6-3-10-8-11-7(9)5-12(8)4-6/h3-5H,2H2,1H3. The Bertz CT molecular complexity index is 408. The Morgan fingerprint density at radius 1 is 1.50 bits per heavy atom. The summed E-state index contributed by atoms with van der Waals surface area (Å²) in [6.07, 6.45) is 6.80. The molecule has 0 aromatic carbocycles. The summed E-state index contributed by atoms with van der Waals surface area (Å²) in [6.45, 7) is 2.11. The molecule has 0 aliphatic rings. The van der Waals surface area contributed by atoms with Crippen LogP contribution in [0, 0.1) is 0 Å². The molecule has 4 heteroatoms. The van der Waals surface area contributed by atoms with Crippen LogP contribution >= 0.6 is 15.9 Å². The summed E-state index contributed by atoms with van der Waals surface area (Å²) in [7, 11) is 0. The minimum atomic E-state index is 0.735. The smallest absolute Gasteiger partial charge is 0.234 e. The minimum absolute atomic E-state index is 0.735. The SMILES string of the molecule is CCc1cnc2nc(Br)cn2c1. The quantitative estimate of drug-likeness (QED) is 0.744. The summed E-state index contributed by atoms with van der Waals surface area (Å²) >= 11 is 3.30. The predicted octanol–water partition coefficient (Wildman–Crippen LogP) is 2.05. The van der Waals surface area contributed by atoms with Crippen LogP contribution in [0.3, 0.4) is 0 Å². The van der Waals surface area contributed by atoms with Gasteiger partial charge >= 0.3 is 0 Å². The summed E-state index contributed by atoms with van der Waals surface area (Å²) in [5.74, 6) is 0.735. The van der Waals surface area contributed by atoms with Crippen LogP contribution < -0.4 is 0 Å². The second-order valence-electron chi connectivity index (χ2n) is 2.59. The van der Waals surface area contributed by atoms with Gasteiger partial charge in [0.05, 0.1) is 0 Å². The third-order valence-corrected chi connectivity index (χ3v) is 2.12. The summed E-state index contributed by atoms with van der Waals surface area (Å²) in [5, 5.41) is 0. The molecular weight excluding hydrogens is 218 g/mol. The Morgan fingerprint density at radius 2 is 2.33 bits per heavy atom. The van der Waals surface area contributed by atoms with E-state index in [9.17, 15) is 0 Å². The third-order valence-electron chi connectivity index (χ3n) is 1.74. The number of halogens is 1. The number of imidazole rings is 1. The Kier molecular flexibility index (Phi) is 1.84. The molecule has 2 aromatic heterocycles. The van der Waals surface area contributed by atoms with E-state index in [-0.39, 0.29) is 0 Å². The molecular formula is C8H8BrN3. The van der Waals surface area contributed by atoms with Crippen molar-refractivity contribution in [2.24, 2.45) is 0 Å². The number of rotatable bonds is 1. The van der Waals surface area contributed by atoms with Gasteiger partial charge in [0.1, 0.15) is 4.60 Å². The van der Waals surface area contributed by atoms with Gasteiger partial charge < -0.3 is 0 Å². The molecule has 2 heterocycles. The van der Waals surface area contributed by atoms with Crippen molar-refractivity contribution in [2.75, 3.05) is 0 Å². The van der Waals surface area contributed by atoms with Gasteiger partial charge in [0.25, 0.3) is 0 Å². The van der Waals surface area contributed by atoms with E-state index in [0.29, 0.717) is 0 Å². The lowest BCUT2D eigenvalue weighted by molar-refractivity contribution is 1.02. The molecule has 0 N–H and O–H groups in total. The van der Waals surface area contributed by atoms with E-state index in [1.165, 1.54) is 5.56 Å². The first-order valence-corrected chi connectivity index (χ1v) is 4.58. The molecule has 0 saturated heterocycles. The number of hydrogen-bond acceptors (Lipinski definition) is 2.